The van der Waals surface area contributed by atoms with Crippen molar-refractivity contribution >= 4 is 0 Å². The van der Waals surface area contributed by atoms with Gasteiger partial charge in [-0.05, 0) is 42.2 Å². The van der Waals surface area contributed by atoms with Crippen LogP contribution in [0, 0.1) is 0 Å². The smallest absolute Gasteiger partial charge is 0.0546 e. The molecule has 0 aliphatic heterocycles. The maximum atomic E-state index is 9.54. The molecule has 2 unspecified atom stereocenters. The van der Waals surface area contributed by atoms with Gasteiger partial charge in [-0.3, -0.25) is 0 Å². The first-order valence-corrected chi connectivity index (χ1v) is 5.94. The molecule has 1 nitrogen and oxygen atoms in total. The lowest BCUT2D eigenvalue weighted by Crippen LogP contribution is -2.00. The maximum absolute atomic E-state index is 9.54. The average Bonchev–Trinajstić information content (AvgIpc) is 2.65. The number of aliphatic hydroxyl groups excluding tert-OH is 1. The van der Waals surface area contributed by atoms with Gasteiger partial charge < -0.3 is 5.11 Å². The van der Waals surface area contributed by atoms with E-state index in [0.717, 1.165) is 19.3 Å². The first kappa shape index (κ1) is 10.7. The molecule has 0 radical (unpaired) electrons. The van der Waals surface area contributed by atoms with Crippen molar-refractivity contribution in [1.82, 2.24) is 0 Å². The van der Waals surface area contributed by atoms with E-state index in [0.29, 0.717) is 11.8 Å². The molecule has 1 N–H and O–H groups in total. The Hall–Kier alpha value is -0.820. The predicted molar refractivity (Wildman–Crippen MR) is 63.1 cm³/mol. The molecule has 82 valence electrons. The van der Waals surface area contributed by atoms with Gasteiger partial charge in [0.25, 0.3) is 0 Å². The fourth-order valence-corrected chi connectivity index (χ4v) is 2.43. The van der Waals surface area contributed by atoms with Crippen molar-refractivity contribution in [2.75, 3.05) is 0 Å². The highest BCUT2D eigenvalue weighted by Gasteiger charge is 2.24. The molecule has 1 aromatic carbocycles. The second kappa shape index (κ2) is 4.36. The number of rotatable bonds is 2. The summed E-state index contributed by atoms with van der Waals surface area (Å²) in [4.78, 5) is 0. The summed E-state index contributed by atoms with van der Waals surface area (Å²) in [6, 6.07) is 8.86. The van der Waals surface area contributed by atoms with Crippen LogP contribution in [-0.2, 0) is 0 Å². The molecule has 1 aliphatic rings. The Labute approximate surface area is 92.1 Å². The Morgan fingerprint density at radius 2 is 2.07 bits per heavy atom. The summed E-state index contributed by atoms with van der Waals surface area (Å²) in [7, 11) is 0. The molecule has 0 spiro atoms. The van der Waals surface area contributed by atoms with Gasteiger partial charge in [0, 0.05) is 0 Å². The van der Waals surface area contributed by atoms with Crippen LogP contribution in [0.3, 0.4) is 0 Å². The highest BCUT2D eigenvalue weighted by atomic mass is 16.3. The second-order valence-electron chi connectivity index (χ2n) is 4.99. The Morgan fingerprint density at radius 3 is 2.67 bits per heavy atom. The van der Waals surface area contributed by atoms with Crippen LogP contribution in [0.2, 0.25) is 0 Å². The van der Waals surface area contributed by atoms with Crippen LogP contribution < -0.4 is 0 Å². The lowest BCUT2D eigenvalue weighted by Gasteiger charge is -2.13. The molecule has 1 aliphatic carbocycles. The monoisotopic (exact) mass is 204 g/mol. The van der Waals surface area contributed by atoms with Crippen molar-refractivity contribution in [2.45, 2.75) is 51.0 Å². The topological polar surface area (TPSA) is 20.2 Å². The number of aliphatic hydroxyl groups is 1. The molecule has 2 atom stereocenters. The van der Waals surface area contributed by atoms with Crippen molar-refractivity contribution in [2.24, 2.45) is 0 Å². The molecule has 2 rings (SSSR count). The zero-order valence-electron chi connectivity index (χ0n) is 9.61. The molecular weight excluding hydrogens is 184 g/mol. The fraction of sp³-hybridized carbons (Fsp3) is 0.571. The van der Waals surface area contributed by atoms with Crippen LogP contribution in [0.15, 0.2) is 24.3 Å². The molecular formula is C14H20O. The third-order valence-corrected chi connectivity index (χ3v) is 3.45. The van der Waals surface area contributed by atoms with Crippen molar-refractivity contribution in [1.29, 1.82) is 0 Å². The van der Waals surface area contributed by atoms with Crippen LogP contribution in [0.4, 0.5) is 0 Å². The Morgan fingerprint density at radius 1 is 1.27 bits per heavy atom. The standard InChI is InChI=1S/C14H20O/c1-10(2)11-4-3-5-12(8-11)13-6-7-14(15)9-13/h3-5,8,10,13-15H,6-7,9H2,1-2H3. The minimum atomic E-state index is -0.0716. The van der Waals surface area contributed by atoms with Gasteiger partial charge in [0.05, 0.1) is 6.10 Å². The van der Waals surface area contributed by atoms with E-state index in [2.05, 4.69) is 38.1 Å². The van der Waals surface area contributed by atoms with Crippen LogP contribution in [0.25, 0.3) is 0 Å². The van der Waals surface area contributed by atoms with Gasteiger partial charge in [0.15, 0.2) is 0 Å². The summed E-state index contributed by atoms with van der Waals surface area (Å²) in [5, 5.41) is 9.54. The summed E-state index contributed by atoms with van der Waals surface area (Å²) < 4.78 is 0. The van der Waals surface area contributed by atoms with Gasteiger partial charge in [-0.2, -0.15) is 0 Å². The number of benzene rings is 1. The van der Waals surface area contributed by atoms with E-state index in [4.69, 9.17) is 0 Å². The van der Waals surface area contributed by atoms with Crippen LogP contribution in [0.5, 0.6) is 0 Å². The Balaban J connectivity index is 2.18. The van der Waals surface area contributed by atoms with Crippen LogP contribution in [0.1, 0.15) is 56.1 Å². The summed E-state index contributed by atoms with van der Waals surface area (Å²) in [6.45, 7) is 4.45. The summed E-state index contributed by atoms with van der Waals surface area (Å²) in [5.41, 5.74) is 2.83. The van der Waals surface area contributed by atoms with Gasteiger partial charge >= 0.3 is 0 Å². The van der Waals surface area contributed by atoms with E-state index in [1.807, 2.05) is 0 Å². The molecule has 15 heavy (non-hydrogen) atoms. The zero-order valence-corrected chi connectivity index (χ0v) is 9.61. The highest BCUT2D eigenvalue weighted by Crippen LogP contribution is 2.35. The van der Waals surface area contributed by atoms with Gasteiger partial charge in [0.2, 0.25) is 0 Å². The maximum Gasteiger partial charge on any atom is 0.0546 e. The third-order valence-electron chi connectivity index (χ3n) is 3.45. The first-order chi connectivity index (χ1) is 7.16. The van der Waals surface area contributed by atoms with Gasteiger partial charge in [-0.1, -0.05) is 38.1 Å². The van der Waals surface area contributed by atoms with E-state index in [9.17, 15) is 5.11 Å². The molecule has 0 heterocycles. The van der Waals surface area contributed by atoms with E-state index in [1.165, 1.54) is 11.1 Å². The van der Waals surface area contributed by atoms with E-state index >= 15 is 0 Å². The third kappa shape index (κ3) is 2.40. The zero-order chi connectivity index (χ0) is 10.8. The number of hydrogen-bond donors (Lipinski definition) is 1. The van der Waals surface area contributed by atoms with E-state index < -0.39 is 0 Å². The lowest BCUT2D eigenvalue weighted by atomic mass is 9.93. The van der Waals surface area contributed by atoms with E-state index in [-0.39, 0.29) is 6.10 Å². The fourth-order valence-electron chi connectivity index (χ4n) is 2.43. The Bertz CT molecular complexity index is 330. The SMILES string of the molecule is CC(C)c1cccc(C2CCC(O)C2)c1. The van der Waals surface area contributed by atoms with Gasteiger partial charge in [-0.15, -0.1) is 0 Å². The molecule has 0 amide bonds. The van der Waals surface area contributed by atoms with Crippen molar-refractivity contribution in [3.05, 3.63) is 35.4 Å². The molecule has 0 saturated heterocycles. The molecule has 1 aromatic rings. The first-order valence-electron chi connectivity index (χ1n) is 5.94. The number of hydrogen-bond acceptors (Lipinski definition) is 1. The molecule has 1 saturated carbocycles. The Kier molecular flexibility index (Phi) is 3.11. The molecule has 1 fully saturated rings. The normalized spacial score (nSPS) is 26.1. The lowest BCUT2D eigenvalue weighted by molar-refractivity contribution is 0.181. The summed E-state index contributed by atoms with van der Waals surface area (Å²) in [6.07, 6.45) is 2.98. The van der Waals surface area contributed by atoms with Crippen LogP contribution in [-0.4, -0.2) is 11.2 Å². The molecule has 0 aromatic heterocycles. The second-order valence-corrected chi connectivity index (χ2v) is 4.99. The molecule has 1 heteroatoms. The largest absolute Gasteiger partial charge is 0.393 e. The van der Waals surface area contributed by atoms with E-state index in [1.54, 1.807) is 0 Å². The summed E-state index contributed by atoms with van der Waals surface area (Å²) >= 11 is 0. The average molecular weight is 204 g/mol. The molecule has 0 bridgehead atoms. The quantitative estimate of drug-likeness (QED) is 0.782. The minimum absolute atomic E-state index is 0.0716. The van der Waals surface area contributed by atoms with Crippen molar-refractivity contribution in [3.8, 4) is 0 Å². The predicted octanol–water partition coefficient (Wildman–Crippen LogP) is 3.44. The van der Waals surface area contributed by atoms with Gasteiger partial charge in [-0.25, -0.2) is 0 Å². The van der Waals surface area contributed by atoms with Crippen molar-refractivity contribution < 1.29 is 5.11 Å². The minimum Gasteiger partial charge on any atom is -0.393 e. The van der Waals surface area contributed by atoms with Gasteiger partial charge in [0.1, 0.15) is 0 Å². The van der Waals surface area contributed by atoms with Crippen LogP contribution >= 0.6 is 0 Å². The summed E-state index contributed by atoms with van der Waals surface area (Å²) in [5.74, 6) is 1.18. The van der Waals surface area contributed by atoms with Crippen molar-refractivity contribution in [3.63, 3.8) is 0 Å². The highest BCUT2D eigenvalue weighted by molar-refractivity contribution is 5.29.